The van der Waals surface area contributed by atoms with Crippen molar-refractivity contribution < 1.29 is 14.3 Å². The molecule has 3 aromatic rings. The lowest BCUT2D eigenvalue weighted by Gasteiger charge is -2.20. The summed E-state index contributed by atoms with van der Waals surface area (Å²) in [6, 6.07) is 5.87. The zero-order valence-corrected chi connectivity index (χ0v) is 16.6. The minimum absolute atomic E-state index is 0.165. The molecule has 150 valence electrons. The average molecular weight is 392 g/mol. The maximum Gasteiger partial charge on any atom is 0.341 e. The Balaban J connectivity index is 1.73. The maximum absolute atomic E-state index is 12.8. The summed E-state index contributed by atoms with van der Waals surface area (Å²) in [6.45, 7) is 1.99. The Morgan fingerprint density at radius 1 is 1.24 bits per heavy atom. The molecule has 1 saturated carbocycles. The molecule has 6 heteroatoms. The molecule has 3 aromatic heterocycles. The van der Waals surface area contributed by atoms with Crippen LogP contribution in [0.4, 0.5) is 0 Å². The number of furan rings is 1. The van der Waals surface area contributed by atoms with Crippen molar-refractivity contribution in [2.45, 2.75) is 51.0 Å². The molecule has 29 heavy (non-hydrogen) atoms. The second-order valence-electron chi connectivity index (χ2n) is 8.19. The fraction of sp³-hybridized carbons (Fsp3) is 0.391. The van der Waals surface area contributed by atoms with Crippen molar-refractivity contribution in [3.8, 4) is 11.3 Å². The van der Waals surface area contributed by atoms with Gasteiger partial charge in [0.15, 0.2) is 0 Å². The van der Waals surface area contributed by atoms with Crippen LogP contribution in [0.15, 0.2) is 33.6 Å². The topological polar surface area (TPSA) is 84.0 Å². The van der Waals surface area contributed by atoms with Crippen molar-refractivity contribution in [1.29, 1.82) is 0 Å². The molecule has 0 spiro atoms. The molecule has 6 nitrogen and oxygen atoms in total. The van der Waals surface area contributed by atoms with Gasteiger partial charge in [-0.2, -0.15) is 0 Å². The van der Waals surface area contributed by atoms with E-state index in [1.54, 1.807) is 12.3 Å². The van der Waals surface area contributed by atoms with Gasteiger partial charge in [0, 0.05) is 29.8 Å². The number of nitrogens with one attached hydrogen (secondary N) is 1. The van der Waals surface area contributed by atoms with Crippen LogP contribution in [0.3, 0.4) is 0 Å². The minimum atomic E-state index is -1.18. The molecule has 2 aliphatic carbocycles. The van der Waals surface area contributed by atoms with Gasteiger partial charge in [-0.1, -0.05) is 0 Å². The van der Waals surface area contributed by atoms with Gasteiger partial charge in [-0.25, -0.2) is 4.79 Å². The van der Waals surface area contributed by atoms with Crippen molar-refractivity contribution in [3.05, 3.63) is 62.8 Å². The van der Waals surface area contributed by atoms with E-state index in [0.29, 0.717) is 12.0 Å². The smallest absolute Gasteiger partial charge is 0.341 e. The third kappa shape index (κ3) is 2.82. The van der Waals surface area contributed by atoms with Crippen LogP contribution < -0.4 is 10.9 Å². The molecule has 5 rings (SSSR count). The zero-order chi connectivity index (χ0) is 20.3. The molecule has 0 saturated heterocycles. The van der Waals surface area contributed by atoms with E-state index in [1.807, 2.05) is 20.0 Å². The molecule has 0 aromatic carbocycles. The molecule has 0 radical (unpaired) electrons. The Bertz CT molecular complexity index is 1200. The van der Waals surface area contributed by atoms with Gasteiger partial charge in [0.05, 0.1) is 5.52 Å². The predicted octanol–water partition coefficient (Wildman–Crippen LogP) is 4.04. The maximum atomic E-state index is 12.8. The first-order valence-electron chi connectivity index (χ1n) is 10.2. The fourth-order valence-corrected chi connectivity index (χ4v) is 4.71. The number of fused-ring (bicyclic) bond motifs is 2. The Labute approximate surface area is 168 Å². The molecule has 0 amide bonds. The highest BCUT2D eigenvalue weighted by molar-refractivity contribution is 5.89. The number of pyridine rings is 2. The summed E-state index contributed by atoms with van der Waals surface area (Å²) < 4.78 is 7.74. The van der Waals surface area contributed by atoms with Crippen LogP contribution in [0, 0.1) is 6.92 Å². The van der Waals surface area contributed by atoms with Crippen molar-refractivity contribution in [2.24, 2.45) is 0 Å². The SMILES string of the molecule is CNC1CCCc2oc(-c3ccn4c(=O)c(C(=O)O)cc(C5CC5)c4c3C)cc21. The average Bonchev–Trinajstić information content (AvgIpc) is 3.46. The lowest BCUT2D eigenvalue weighted by Crippen LogP contribution is -2.23. The first-order valence-corrected chi connectivity index (χ1v) is 10.2. The molecule has 2 N–H and O–H groups in total. The van der Waals surface area contributed by atoms with Crippen molar-refractivity contribution in [3.63, 3.8) is 0 Å². The number of nitrogens with zero attached hydrogens (tertiary/aromatic N) is 1. The van der Waals surface area contributed by atoms with E-state index in [9.17, 15) is 14.7 Å². The summed E-state index contributed by atoms with van der Waals surface area (Å²) in [7, 11) is 1.97. The summed E-state index contributed by atoms with van der Waals surface area (Å²) in [5.74, 6) is 0.987. The summed E-state index contributed by atoms with van der Waals surface area (Å²) in [6.07, 6.45) is 6.87. The molecular weight excluding hydrogens is 368 g/mol. The monoisotopic (exact) mass is 392 g/mol. The molecule has 3 heterocycles. The second-order valence-corrected chi connectivity index (χ2v) is 8.19. The first-order chi connectivity index (χ1) is 14.0. The quantitative estimate of drug-likeness (QED) is 0.700. The lowest BCUT2D eigenvalue weighted by molar-refractivity contribution is 0.0694. The standard InChI is InChI=1S/C23H24N2O4/c1-12-14(20-11-16-18(24-2)4-3-5-19(16)29-20)8-9-25-21(12)15(13-6-7-13)10-17(22(25)26)23(27)28/h8-11,13,18,24H,3-7H2,1-2H3,(H,27,28). The summed E-state index contributed by atoms with van der Waals surface area (Å²) in [4.78, 5) is 24.3. The van der Waals surface area contributed by atoms with Gasteiger partial charge in [-0.15, -0.1) is 0 Å². The van der Waals surface area contributed by atoms with Crippen molar-refractivity contribution >= 4 is 11.5 Å². The largest absolute Gasteiger partial charge is 0.477 e. The molecular formula is C23H24N2O4. The fourth-order valence-electron chi connectivity index (χ4n) is 4.71. The van der Waals surface area contributed by atoms with Crippen LogP contribution in [0.5, 0.6) is 0 Å². The van der Waals surface area contributed by atoms with Gasteiger partial charge in [0.1, 0.15) is 17.1 Å². The van der Waals surface area contributed by atoms with Gasteiger partial charge in [-0.3, -0.25) is 9.20 Å². The summed E-state index contributed by atoms with van der Waals surface area (Å²) in [5, 5.41) is 12.8. The normalized spacial score (nSPS) is 18.8. The van der Waals surface area contributed by atoms with E-state index >= 15 is 0 Å². The van der Waals surface area contributed by atoms with Crippen LogP contribution in [0.2, 0.25) is 0 Å². The van der Waals surface area contributed by atoms with Gasteiger partial charge in [-0.05, 0) is 74.9 Å². The van der Waals surface area contributed by atoms with Gasteiger partial charge < -0.3 is 14.8 Å². The number of carbonyl (C=O) groups is 1. The number of carboxylic acids is 1. The second kappa shape index (κ2) is 6.59. The highest BCUT2D eigenvalue weighted by atomic mass is 16.4. The number of aromatic carboxylic acids is 1. The molecule has 1 unspecified atom stereocenters. The first kappa shape index (κ1) is 18.2. The number of carboxylic acid groups (broad SMARTS) is 1. The van der Waals surface area contributed by atoms with E-state index in [4.69, 9.17) is 4.42 Å². The number of aromatic nitrogens is 1. The molecule has 0 aliphatic heterocycles. The zero-order valence-electron chi connectivity index (χ0n) is 16.6. The van der Waals surface area contributed by atoms with Crippen LogP contribution in [-0.2, 0) is 6.42 Å². The molecule has 1 fully saturated rings. The Morgan fingerprint density at radius 3 is 2.72 bits per heavy atom. The van der Waals surface area contributed by atoms with Crippen LogP contribution in [0.25, 0.3) is 16.8 Å². The summed E-state index contributed by atoms with van der Waals surface area (Å²) in [5.41, 5.74) is 4.25. The summed E-state index contributed by atoms with van der Waals surface area (Å²) >= 11 is 0. The van der Waals surface area contributed by atoms with E-state index in [0.717, 1.165) is 65.8 Å². The molecule has 2 aliphatic rings. The van der Waals surface area contributed by atoms with Crippen LogP contribution >= 0.6 is 0 Å². The van der Waals surface area contributed by atoms with Crippen LogP contribution in [-0.4, -0.2) is 22.5 Å². The minimum Gasteiger partial charge on any atom is -0.477 e. The molecule has 0 bridgehead atoms. The van der Waals surface area contributed by atoms with Crippen molar-refractivity contribution in [1.82, 2.24) is 9.72 Å². The third-order valence-corrected chi connectivity index (χ3v) is 6.39. The number of rotatable bonds is 4. The number of hydrogen-bond acceptors (Lipinski definition) is 4. The Hall–Kier alpha value is -2.86. The predicted molar refractivity (Wildman–Crippen MR) is 110 cm³/mol. The Morgan fingerprint density at radius 2 is 2.03 bits per heavy atom. The van der Waals surface area contributed by atoms with Gasteiger partial charge >= 0.3 is 5.97 Å². The van der Waals surface area contributed by atoms with Crippen molar-refractivity contribution in [2.75, 3.05) is 7.05 Å². The third-order valence-electron chi connectivity index (χ3n) is 6.39. The highest BCUT2D eigenvalue weighted by Crippen LogP contribution is 2.44. The highest BCUT2D eigenvalue weighted by Gasteiger charge is 2.30. The van der Waals surface area contributed by atoms with Gasteiger partial charge in [0.25, 0.3) is 5.56 Å². The lowest BCUT2D eigenvalue weighted by atomic mass is 9.93. The van der Waals surface area contributed by atoms with E-state index in [1.165, 1.54) is 9.96 Å². The van der Waals surface area contributed by atoms with E-state index in [-0.39, 0.29) is 5.56 Å². The molecule has 1 atom stereocenters. The Kier molecular flexibility index (Phi) is 4.13. The van der Waals surface area contributed by atoms with Gasteiger partial charge in [0.2, 0.25) is 0 Å². The van der Waals surface area contributed by atoms with E-state index in [2.05, 4.69) is 11.4 Å². The van der Waals surface area contributed by atoms with Crippen LogP contribution in [0.1, 0.15) is 70.5 Å². The van der Waals surface area contributed by atoms with E-state index < -0.39 is 11.5 Å². The number of hydrogen-bond donors (Lipinski definition) is 2. The number of aryl methyl sites for hydroxylation is 2.